The number of aryl methyl sites for hydroxylation is 2. The summed E-state index contributed by atoms with van der Waals surface area (Å²) >= 11 is 11.9. The van der Waals surface area contributed by atoms with Crippen LogP contribution in [-0.4, -0.2) is 25.7 Å². The molecule has 7 nitrogen and oxygen atoms in total. The van der Waals surface area contributed by atoms with Gasteiger partial charge in [0.05, 0.1) is 16.3 Å². The van der Waals surface area contributed by atoms with E-state index < -0.39 is 5.91 Å². The minimum atomic E-state index is -0.433. The molecule has 0 aliphatic carbocycles. The zero-order valence-electron chi connectivity index (χ0n) is 13.3. The van der Waals surface area contributed by atoms with Crippen LogP contribution in [0.5, 0.6) is 0 Å². The third-order valence-corrected chi connectivity index (χ3v) is 3.85. The monoisotopic (exact) mass is 377 g/mol. The van der Waals surface area contributed by atoms with Crippen LogP contribution in [0.4, 0.5) is 5.82 Å². The Hall–Kier alpha value is -2.64. The maximum absolute atomic E-state index is 12.5. The fraction of sp³-hybridized carbons (Fsp3) is 0.125. The van der Waals surface area contributed by atoms with Crippen LogP contribution < -0.4 is 10.9 Å². The molecule has 1 amide bonds. The molecule has 0 radical (unpaired) electrons. The fourth-order valence-electron chi connectivity index (χ4n) is 2.27. The Bertz CT molecular complexity index is 1030. The summed E-state index contributed by atoms with van der Waals surface area (Å²) < 4.78 is 1.35. The average molecular weight is 378 g/mol. The van der Waals surface area contributed by atoms with Gasteiger partial charge in [0.1, 0.15) is 5.82 Å². The lowest BCUT2D eigenvalue weighted by Crippen LogP contribution is -2.19. The van der Waals surface area contributed by atoms with Crippen LogP contribution in [0.25, 0.3) is 5.95 Å². The normalized spacial score (nSPS) is 10.7. The molecule has 2 heterocycles. The van der Waals surface area contributed by atoms with Crippen LogP contribution in [0, 0.1) is 13.8 Å². The Morgan fingerprint density at radius 2 is 1.92 bits per heavy atom. The Morgan fingerprint density at radius 1 is 1.16 bits per heavy atom. The van der Waals surface area contributed by atoms with Gasteiger partial charge >= 0.3 is 0 Å². The van der Waals surface area contributed by atoms with Gasteiger partial charge in [-0.3, -0.25) is 14.6 Å². The number of H-pyrrole nitrogens is 1. The number of carbonyl (C=O) groups excluding carboxylic acids is 1. The zero-order valence-corrected chi connectivity index (χ0v) is 14.8. The molecule has 25 heavy (non-hydrogen) atoms. The first-order valence-corrected chi connectivity index (χ1v) is 8.00. The van der Waals surface area contributed by atoms with E-state index in [2.05, 4.69) is 20.4 Å². The molecule has 0 aliphatic rings. The lowest BCUT2D eigenvalue weighted by atomic mass is 10.2. The lowest BCUT2D eigenvalue weighted by molar-refractivity contribution is 0.102. The van der Waals surface area contributed by atoms with Crippen molar-refractivity contribution in [3.8, 4) is 5.95 Å². The van der Waals surface area contributed by atoms with Crippen molar-refractivity contribution >= 4 is 34.9 Å². The Morgan fingerprint density at radius 3 is 2.60 bits per heavy atom. The molecule has 2 N–H and O–H groups in total. The smallest absolute Gasteiger partial charge is 0.258 e. The van der Waals surface area contributed by atoms with E-state index in [1.165, 1.54) is 22.9 Å². The summed E-state index contributed by atoms with van der Waals surface area (Å²) in [7, 11) is 0. The standard InChI is InChI=1S/C16H13Cl2N5O2/c1-8-6-14(24)21-16(19-8)23-13(5-9(2)22-23)20-15(25)11-4-3-10(17)7-12(11)18/h3-7H,1-2H3,(H,20,25)(H,19,21,24). The van der Waals surface area contributed by atoms with Crippen molar-refractivity contribution in [2.24, 2.45) is 0 Å². The first-order valence-electron chi connectivity index (χ1n) is 7.25. The van der Waals surface area contributed by atoms with Gasteiger partial charge in [-0.2, -0.15) is 9.78 Å². The predicted octanol–water partition coefficient (Wildman–Crippen LogP) is 3.13. The third-order valence-electron chi connectivity index (χ3n) is 3.31. The van der Waals surface area contributed by atoms with Crippen LogP contribution in [0.2, 0.25) is 10.0 Å². The molecule has 1 aromatic carbocycles. The van der Waals surface area contributed by atoms with E-state index >= 15 is 0 Å². The lowest BCUT2D eigenvalue weighted by Gasteiger charge is -2.09. The minimum absolute atomic E-state index is 0.204. The Balaban J connectivity index is 1.98. The van der Waals surface area contributed by atoms with E-state index in [1.54, 1.807) is 26.0 Å². The maximum Gasteiger partial charge on any atom is 0.258 e. The number of anilines is 1. The van der Waals surface area contributed by atoms with Gasteiger partial charge in [-0.1, -0.05) is 23.2 Å². The Labute approximate surface area is 152 Å². The molecule has 2 aromatic heterocycles. The molecule has 128 valence electrons. The first kappa shape index (κ1) is 17.2. The summed E-state index contributed by atoms with van der Waals surface area (Å²) in [5.74, 6) is 0.121. The van der Waals surface area contributed by atoms with Crippen LogP contribution in [0.3, 0.4) is 0 Å². The van der Waals surface area contributed by atoms with Crippen molar-refractivity contribution in [2.75, 3.05) is 5.32 Å². The van der Waals surface area contributed by atoms with Crippen molar-refractivity contribution in [2.45, 2.75) is 13.8 Å². The van der Waals surface area contributed by atoms with Crippen molar-refractivity contribution in [3.63, 3.8) is 0 Å². The molecule has 0 saturated carbocycles. The summed E-state index contributed by atoms with van der Waals surface area (Å²) in [6, 6.07) is 7.61. The predicted molar refractivity (Wildman–Crippen MR) is 95.9 cm³/mol. The molecule has 0 atom stereocenters. The number of halogens is 2. The summed E-state index contributed by atoms with van der Waals surface area (Å²) in [4.78, 5) is 31.0. The molecule has 0 saturated heterocycles. The van der Waals surface area contributed by atoms with Gasteiger partial charge in [0, 0.05) is 22.8 Å². The number of carbonyl (C=O) groups is 1. The van der Waals surface area contributed by atoms with Crippen LogP contribution in [0.15, 0.2) is 35.1 Å². The number of hydrogen-bond acceptors (Lipinski definition) is 4. The third kappa shape index (κ3) is 3.72. The molecule has 0 unspecified atom stereocenters. The maximum atomic E-state index is 12.5. The Kier molecular flexibility index (Phi) is 4.61. The van der Waals surface area contributed by atoms with Crippen LogP contribution >= 0.6 is 23.2 Å². The second kappa shape index (κ2) is 6.70. The highest BCUT2D eigenvalue weighted by atomic mass is 35.5. The van der Waals surface area contributed by atoms with Gasteiger partial charge in [0.2, 0.25) is 5.95 Å². The number of nitrogens with one attached hydrogen (secondary N) is 2. The number of benzene rings is 1. The van der Waals surface area contributed by atoms with Crippen molar-refractivity contribution in [1.82, 2.24) is 19.7 Å². The highest BCUT2D eigenvalue weighted by Gasteiger charge is 2.16. The summed E-state index contributed by atoms with van der Waals surface area (Å²) in [5.41, 5.74) is 1.13. The summed E-state index contributed by atoms with van der Waals surface area (Å²) in [5, 5.41) is 7.64. The molecule has 9 heteroatoms. The van der Waals surface area contributed by atoms with Gasteiger partial charge in [-0.25, -0.2) is 4.98 Å². The van der Waals surface area contributed by atoms with E-state index in [0.717, 1.165) is 0 Å². The average Bonchev–Trinajstić information content (AvgIpc) is 2.86. The van der Waals surface area contributed by atoms with E-state index in [-0.39, 0.29) is 22.1 Å². The van der Waals surface area contributed by atoms with Crippen molar-refractivity contribution in [1.29, 1.82) is 0 Å². The fourth-order valence-corrected chi connectivity index (χ4v) is 2.77. The molecular formula is C16H13Cl2N5O2. The minimum Gasteiger partial charge on any atom is -0.306 e. The zero-order chi connectivity index (χ0) is 18.1. The molecule has 0 spiro atoms. The molecule has 0 bridgehead atoms. The number of nitrogens with zero attached hydrogens (tertiary/aromatic N) is 3. The summed E-state index contributed by atoms with van der Waals surface area (Å²) in [6.07, 6.45) is 0. The molecule has 0 aliphatic heterocycles. The molecular weight excluding hydrogens is 365 g/mol. The number of rotatable bonds is 3. The number of amides is 1. The summed E-state index contributed by atoms with van der Waals surface area (Å²) in [6.45, 7) is 3.45. The van der Waals surface area contributed by atoms with E-state index in [4.69, 9.17) is 23.2 Å². The largest absolute Gasteiger partial charge is 0.306 e. The highest BCUT2D eigenvalue weighted by Crippen LogP contribution is 2.22. The first-order chi connectivity index (χ1) is 11.8. The second-order valence-electron chi connectivity index (χ2n) is 5.37. The number of aromatic nitrogens is 4. The second-order valence-corrected chi connectivity index (χ2v) is 6.22. The van der Waals surface area contributed by atoms with Crippen LogP contribution in [-0.2, 0) is 0 Å². The van der Waals surface area contributed by atoms with E-state index in [0.29, 0.717) is 22.2 Å². The van der Waals surface area contributed by atoms with E-state index in [9.17, 15) is 9.59 Å². The van der Waals surface area contributed by atoms with Crippen LogP contribution in [0.1, 0.15) is 21.7 Å². The SMILES string of the molecule is Cc1cc(=O)[nH]c(-n2nc(C)cc2NC(=O)c2ccc(Cl)cc2Cl)n1. The highest BCUT2D eigenvalue weighted by molar-refractivity contribution is 6.37. The number of hydrogen-bond donors (Lipinski definition) is 2. The molecule has 3 rings (SSSR count). The van der Waals surface area contributed by atoms with Gasteiger partial charge in [-0.05, 0) is 32.0 Å². The number of aromatic amines is 1. The quantitative estimate of drug-likeness (QED) is 0.733. The van der Waals surface area contributed by atoms with Gasteiger partial charge in [-0.15, -0.1) is 0 Å². The van der Waals surface area contributed by atoms with Gasteiger partial charge < -0.3 is 5.32 Å². The molecule has 0 fully saturated rings. The molecule has 3 aromatic rings. The van der Waals surface area contributed by atoms with Gasteiger partial charge in [0.15, 0.2) is 0 Å². The van der Waals surface area contributed by atoms with Gasteiger partial charge in [0.25, 0.3) is 11.5 Å². The van der Waals surface area contributed by atoms with Crippen molar-refractivity contribution in [3.05, 3.63) is 67.7 Å². The van der Waals surface area contributed by atoms with Crippen molar-refractivity contribution < 1.29 is 4.79 Å². The van der Waals surface area contributed by atoms with E-state index in [1.807, 2.05) is 0 Å². The topological polar surface area (TPSA) is 92.7 Å².